The van der Waals surface area contributed by atoms with E-state index in [0.29, 0.717) is 0 Å². The summed E-state index contributed by atoms with van der Waals surface area (Å²) in [6.45, 7) is -1.39. The van der Waals surface area contributed by atoms with Crippen molar-refractivity contribution in [3.05, 3.63) is 0 Å². The minimum atomic E-state index is -3.38. The van der Waals surface area contributed by atoms with E-state index in [9.17, 15) is 14.4 Å². The van der Waals surface area contributed by atoms with Gasteiger partial charge in [0, 0.05) is 0 Å². The fraction of sp³-hybridized carbons (Fsp3) is 0.667. The predicted molar refractivity (Wildman–Crippen MR) is 59.1 cm³/mol. The average Bonchev–Trinajstić information content (AvgIpc) is 2.29. The van der Waals surface area contributed by atoms with Crippen molar-refractivity contribution in [1.29, 1.82) is 0 Å². The summed E-state index contributed by atoms with van der Waals surface area (Å²) in [5, 5.41) is 25.5. The van der Waals surface area contributed by atoms with Gasteiger partial charge in [0.05, 0.1) is 39.1 Å². The molecule has 9 nitrogen and oxygen atoms in total. The largest absolute Gasteiger partial charge is 1.20 e. The number of carbonyl (C=O) groups excluding carboxylic acids is 3. The van der Waals surface area contributed by atoms with Gasteiger partial charge in [-0.25, -0.2) is 0 Å². The Labute approximate surface area is 114 Å². The van der Waals surface area contributed by atoms with Crippen LogP contribution in [-0.4, -0.2) is 68.2 Å². The first-order valence-electron chi connectivity index (χ1n) is 5.44. The third-order valence-corrected chi connectivity index (χ3v) is 3.00. The van der Waals surface area contributed by atoms with Crippen molar-refractivity contribution in [2.45, 2.75) is 19.3 Å². The summed E-state index contributed by atoms with van der Waals surface area (Å²) in [6.07, 6.45) is -1.00. The van der Waals surface area contributed by atoms with Crippen molar-refractivity contribution >= 4 is 33.1 Å². The van der Waals surface area contributed by atoms with Gasteiger partial charge in [0.2, 0.25) is 0 Å². The molecule has 3 N–H and O–H groups in total. The van der Waals surface area contributed by atoms with Crippen molar-refractivity contribution in [2.24, 2.45) is 0 Å². The van der Waals surface area contributed by atoms with Crippen LogP contribution in [-0.2, 0) is 25.7 Å². The second-order valence-electron chi connectivity index (χ2n) is 3.18. The fourth-order valence-corrected chi connectivity index (χ4v) is 1.99. The third-order valence-electron chi connectivity index (χ3n) is 1.63. The summed E-state index contributed by atoms with van der Waals surface area (Å²) >= 11 is -3.38. The number of hydrogen-bond acceptors (Lipinski definition) is 9. The molecule has 0 aromatic carbocycles. The van der Waals surface area contributed by atoms with Crippen LogP contribution in [0.15, 0.2) is 0 Å². The lowest BCUT2D eigenvalue weighted by Crippen LogP contribution is -2.35. The van der Waals surface area contributed by atoms with E-state index >= 15 is 0 Å². The Morgan fingerprint density at radius 3 is 1.16 bits per heavy atom. The van der Waals surface area contributed by atoms with E-state index in [0.717, 1.165) is 0 Å². The molecule has 0 unspecified atom stereocenters. The molecule has 0 aliphatic heterocycles. The molecule has 10 heteroatoms. The van der Waals surface area contributed by atoms with Gasteiger partial charge in [0.1, 0.15) is 0 Å². The van der Waals surface area contributed by atoms with Crippen molar-refractivity contribution in [2.75, 3.05) is 19.8 Å². The molecule has 0 aromatic rings. The van der Waals surface area contributed by atoms with E-state index in [2.05, 4.69) is 11.4 Å². The Kier molecular flexibility index (Phi) is 10.1. The molecule has 0 radical (unpaired) electrons. The summed E-state index contributed by atoms with van der Waals surface area (Å²) < 4.78 is 13.8. The Balaban J connectivity index is 4.40. The minimum absolute atomic E-state index is 0.335. The zero-order valence-corrected chi connectivity index (χ0v) is 11.3. The Morgan fingerprint density at radius 1 is 0.684 bits per heavy atom. The Hall–Kier alpha value is -1.18. The molecule has 0 aromatic heterocycles. The highest BCUT2D eigenvalue weighted by atomic mass is 27.3. The number of rotatable bonds is 9. The van der Waals surface area contributed by atoms with Gasteiger partial charge in [-0.3, -0.25) is 14.4 Å². The van der Waals surface area contributed by atoms with Gasteiger partial charge in [0.25, 0.3) is 17.9 Å². The van der Waals surface area contributed by atoms with E-state index in [1.54, 1.807) is 0 Å². The molecule has 0 heterocycles. The topological polar surface area (TPSA) is 140 Å². The zero-order chi connectivity index (χ0) is 14.7. The summed E-state index contributed by atoms with van der Waals surface area (Å²) in [5.74, 6) is -2.65. The van der Waals surface area contributed by atoms with E-state index in [-0.39, 0.29) is 19.3 Å². The maximum Gasteiger partial charge on any atom is 1.20 e. The molecule has 19 heavy (non-hydrogen) atoms. The lowest BCUT2D eigenvalue weighted by Gasteiger charge is -2.12. The highest BCUT2D eigenvalue weighted by Crippen LogP contribution is 2.00. The maximum atomic E-state index is 11.1. The van der Waals surface area contributed by atoms with Crippen LogP contribution in [0.4, 0.5) is 0 Å². The van der Waals surface area contributed by atoms with Crippen LogP contribution in [0.2, 0.25) is 0 Å². The molecule has 0 rings (SSSR count). The van der Waals surface area contributed by atoms with Crippen LogP contribution in [0.25, 0.3) is 0 Å². The summed E-state index contributed by atoms with van der Waals surface area (Å²) in [6, 6.07) is 0. The highest BCUT2D eigenvalue weighted by molar-refractivity contribution is 6.44. The normalized spacial score (nSPS) is 9.63. The lowest BCUT2D eigenvalue weighted by atomic mass is 10.5. The number of aliphatic hydroxyl groups is 3. The van der Waals surface area contributed by atoms with Gasteiger partial charge >= 0.3 is 15.1 Å². The van der Waals surface area contributed by atoms with Gasteiger partial charge < -0.3 is 26.7 Å². The molecule has 0 aliphatic rings. The summed E-state index contributed by atoms with van der Waals surface area (Å²) in [5.41, 5.74) is 0. The molecular weight excluding hydrogens is 279 g/mol. The first-order chi connectivity index (χ1) is 9.03. The predicted octanol–water partition coefficient (Wildman–Crippen LogP) is -2.25. The molecule has 0 atom stereocenters. The standard InChI is InChI=1S/3C3H6O3.Al/c3*4-2-1-3(5)6;/h3*4H,1-2H2,(H,5,6);/q;;;+3/p-3. The lowest BCUT2D eigenvalue weighted by molar-refractivity contribution is -0.148. The number of hydrogen-bond donors (Lipinski definition) is 3. The molecule has 0 saturated carbocycles. The number of aliphatic hydroxyl groups excluding tert-OH is 3. The van der Waals surface area contributed by atoms with Gasteiger partial charge in [-0.15, -0.1) is 0 Å². The maximum absolute atomic E-state index is 11.1. The first kappa shape index (κ1) is 17.8. The van der Waals surface area contributed by atoms with Crippen LogP contribution in [0.5, 0.6) is 0 Å². The van der Waals surface area contributed by atoms with Gasteiger partial charge in [-0.1, -0.05) is 0 Å². The highest BCUT2D eigenvalue weighted by Gasteiger charge is 2.48. The van der Waals surface area contributed by atoms with Crippen molar-refractivity contribution in [1.82, 2.24) is 0 Å². The Morgan fingerprint density at radius 2 is 0.947 bits per heavy atom. The Bertz CT molecular complexity index is 259. The molecule has 0 fully saturated rings. The third kappa shape index (κ3) is 9.41. The van der Waals surface area contributed by atoms with E-state index in [4.69, 9.17) is 15.3 Å². The molecule has 0 spiro atoms. The van der Waals surface area contributed by atoms with Crippen molar-refractivity contribution in [3.8, 4) is 0 Å². The summed E-state index contributed by atoms with van der Waals surface area (Å²) in [7, 11) is 0. The second-order valence-corrected chi connectivity index (χ2v) is 4.46. The zero-order valence-electron chi connectivity index (χ0n) is 10.1. The molecular formula is C9H15AlO9. The van der Waals surface area contributed by atoms with E-state index in [1.807, 2.05) is 0 Å². The number of carbonyl (C=O) groups is 3. The van der Waals surface area contributed by atoms with Crippen LogP contribution >= 0.6 is 0 Å². The van der Waals surface area contributed by atoms with Crippen molar-refractivity contribution < 1.29 is 41.1 Å². The van der Waals surface area contributed by atoms with E-state index in [1.165, 1.54) is 0 Å². The second kappa shape index (κ2) is 10.7. The monoisotopic (exact) mass is 294 g/mol. The van der Waals surface area contributed by atoms with Crippen LogP contribution in [0, 0.1) is 0 Å². The van der Waals surface area contributed by atoms with Gasteiger partial charge in [-0.05, 0) is 0 Å². The molecule has 0 amide bonds. The van der Waals surface area contributed by atoms with Gasteiger partial charge in [-0.2, -0.15) is 0 Å². The molecule has 0 aliphatic carbocycles. The summed E-state index contributed by atoms with van der Waals surface area (Å²) in [4.78, 5) is 33.3. The SMILES string of the molecule is O=C(CCO)[O][Al]([O]C(=O)CCO)[O]C(=O)CCO. The molecule has 0 bridgehead atoms. The minimum Gasteiger partial charge on any atom is -0.551 e. The van der Waals surface area contributed by atoms with Gasteiger partial charge in [0.15, 0.2) is 0 Å². The van der Waals surface area contributed by atoms with Crippen LogP contribution in [0.3, 0.4) is 0 Å². The van der Waals surface area contributed by atoms with E-state index < -0.39 is 52.9 Å². The first-order valence-corrected chi connectivity index (χ1v) is 6.86. The van der Waals surface area contributed by atoms with Crippen LogP contribution < -0.4 is 0 Å². The quantitative estimate of drug-likeness (QED) is 0.402. The smallest absolute Gasteiger partial charge is 0.551 e. The fourth-order valence-electron chi connectivity index (χ4n) is 0.845. The van der Waals surface area contributed by atoms with Crippen LogP contribution in [0.1, 0.15) is 19.3 Å². The molecule has 0 saturated heterocycles. The van der Waals surface area contributed by atoms with Crippen molar-refractivity contribution in [3.63, 3.8) is 0 Å². The average molecular weight is 294 g/mol. The molecule has 108 valence electrons.